The third kappa shape index (κ3) is 2.05. The van der Waals surface area contributed by atoms with E-state index in [0.717, 1.165) is 31.9 Å². The standard InChI is InChI=1S/C17H12BrN3O/c18-13-6-7-15-14(10-13)17(12-4-2-1-3-5-12)21(22)11-16-19-8-9-20(15)16/h1-10H,11H2. The molecule has 0 saturated heterocycles. The summed E-state index contributed by atoms with van der Waals surface area (Å²) in [5, 5.41) is 12.8. The largest absolute Gasteiger partial charge is 0.623 e. The number of hydroxylamine groups is 1. The smallest absolute Gasteiger partial charge is 0.228 e. The zero-order valence-electron chi connectivity index (χ0n) is 11.6. The molecule has 0 atom stereocenters. The molecule has 5 heteroatoms. The van der Waals surface area contributed by atoms with Gasteiger partial charge in [0.05, 0.1) is 11.3 Å². The van der Waals surface area contributed by atoms with Crippen molar-refractivity contribution < 1.29 is 4.74 Å². The van der Waals surface area contributed by atoms with Crippen LogP contribution in [0.15, 0.2) is 65.4 Å². The van der Waals surface area contributed by atoms with Gasteiger partial charge in [-0.1, -0.05) is 34.1 Å². The van der Waals surface area contributed by atoms with E-state index in [1.165, 1.54) is 0 Å². The summed E-state index contributed by atoms with van der Waals surface area (Å²) in [6.07, 6.45) is 3.62. The fourth-order valence-electron chi connectivity index (χ4n) is 2.82. The minimum absolute atomic E-state index is 0.226. The summed E-state index contributed by atoms with van der Waals surface area (Å²) in [6, 6.07) is 15.7. The van der Waals surface area contributed by atoms with Gasteiger partial charge in [0.2, 0.25) is 12.3 Å². The van der Waals surface area contributed by atoms with Crippen molar-refractivity contribution in [2.24, 2.45) is 0 Å². The first kappa shape index (κ1) is 13.3. The maximum absolute atomic E-state index is 12.8. The third-order valence-electron chi connectivity index (χ3n) is 3.77. The normalized spacial score (nSPS) is 13.5. The lowest BCUT2D eigenvalue weighted by Gasteiger charge is -2.11. The fraction of sp³-hybridized carbons (Fsp3) is 0.0588. The lowest BCUT2D eigenvalue weighted by atomic mass is 10.0. The van der Waals surface area contributed by atoms with Crippen LogP contribution < -0.4 is 0 Å². The van der Waals surface area contributed by atoms with Crippen LogP contribution in [0.1, 0.15) is 17.0 Å². The average Bonchev–Trinajstić information content (AvgIpc) is 2.93. The number of aromatic nitrogens is 2. The van der Waals surface area contributed by atoms with Crippen LogP contribution in [0.25, 0.3) is 5.69 Å². The molecule has 0 spiro atoms. The SMILES string of the molecule is [O-][N+]1=C(c2ccccc2)c2cc(Br)ccc2-n2ccnc2C1. The lowest BCUT2D eigenvalue weighted by molar-refractivity contribution is -0.475. The molecule has 0 aliphatic carbocycles. The van der Waals surface area contributed by atoms with E-state index >= 15 is 0 Å². The molecule has 0 N–H and O–H groups in total. The summed E-state index contributed by atoms with van der Waals surface area (Å²) >= 11 is 3.51. The fourth-order valence-corrected chi connectivity index (χ4v) is 3.18. The van der Waals surface area contributed by atoms with Crippen LogP contribution in [0.5, 0.6) is 0 Å². The predicted molar refractivity (Wildman–Crippen MR) is 88.2 cm³/mol. The molecule has 4 rings (SSSR count). The first-order valence-electron chi connectivity index (χ1n) is 6.93. The minimum atomic E-state index is 0.226. The van der Waals surface area contributed by atoms with Gasteiger partial charge in [0.25, 0.3) is 0 Å². The molecule has 0 bridgehead atoms. The second-order valence-corrected chi connectivity index (χ2v) is 6.04. The number of hydrogen-bond acceptors (Lipinski definition) is 2. The number of fused-ring (bicyclic) bond motifs is 3. The summed E-state index contributed by atoms with van der Waals surface area (Å²) in [5.41, 5.74) is 3.44. The van der Waals surface area contributed by atoms with Crippen molar-refractivity contribution in [1.82, 2.24) is 9.55 Å². The molecule has 0 fully saturated rings. The molecule has 1 aliphatic heterocycles. The van der Waals surface area contributed by atoms with Gasteiger partial charge in [-0.25, -0.2) is 4.98 Å². The van der Waals surface area contributed by atoms with Gasteiger partial charge in [0.15, 0.2) is 5.82 Å². The van der Waals surface area contributed by atoms with E-state index in [9.17, 15) is 5.21 Å². The number of halogens is 1. The zero-order valence-corrected chi connectivity index (χ0v) is 13.2. The van der Waals surface area contributed by atoms with Crippen molar-refractivity contribution in [2.75, 3.05) is 0 Å². The highest BCUT2D eigenvalue weighted by atomic mass is 79.9. The minimum Gasteiger partial charge on any atom is -0.623 e. The van der Waals surface area contributed by atoms with Crippen LogP contribution in [0.4, 0.5) is 0 Å². The highest BCUT2D eigenvalue weighted by Crippen LogP contribution is 2.27. The first-order valence-corrected chi connectivity index (χ1v) is 7.73. The Morgan fingerprint density at radius 2 is 1.95 bits per heavy atom. The van der Waals surface area contributed by atoms with Gasteiger partial charge in [0.1, 0.15) is 0 Å². The van der Waals surface area contributed by atoms with Crippen molar-refractivity contribution in [3.63, 3.8) is 0 Å². The van der Waals surface area contributed by atoms with Gasteiger partial charge in [-0.3, -0.25) is 4.57 Å². The Bertz CT molecular complexity index is 884. The van der Waals surface area contributed by atoms with E-state index < -0.39 is 0 Å². The maximum Gasteiger partial charge on any atom is 0.228 e. The summed E-state index contributed by atoms with van der Waals surface area (Å²) in [4.78, 5) is 4.31. The molecule has 1 aliphatic rings. The van der Waals surface area contributed by atoms with Gasteiger partial charge >= 0.3 is 0 Å². The van der Waals surface area contributed by atoms with E-state index in [1.807, 2.05) is 59.3 Å². The number of nitrogens with zero attached hydrogens (tertiary/aromatic N) is 3. The molecule has 3 aromatic rings. The summed E-state index contributed by atoms with van der Waals surface area (Å²) in [7, 11) is 0. The highest BCUT2D eigenvalue weighted by Gasteiger charge is 2.26. The molecule has 0 radical (unpaired) electrons. The van der Waals surface area contributed by atoms with Crippen LogP contribution in [-0.4, -0.2) is 20.0 Å². The number of imidazole rings is 1. The van der Waals surface area contributed by atoms with E-state index in [-0.39, 0.29) is 6.54 Å². The van der Waals surface area contributed by atoms with Crippen LogP contribution in [0, 0.1) is 5.21 Å². The van der Waals surface area contributed by atoms with Crippen molar-refractivity contribution >= 4 is 21.6 Å². The molecule has 4 nitrogen and oxygen atoms in total. The third-order valence-corrected chi connectivity index (χ3v) is 4.27. The lowest BCUT2D eigenvalue weighted by Crippen LogP contribution is -2.17. The monoisotopic (exact) mass is 353 g/mol. The number of rotatable bonds is 1. The predicted octanol–water partition coefficient (Wildman–Crippen LogP) is 3.50. The van der Waals surface area contributed by atoms with Gasteiger partial charge in [-0.2, -0.15) is 4.74 Å². The molecule has 1 aromatic heterocycles. The molecular weight excluding hydrogens is 342 g/mol. The maximum atomic E-state index is 12.8. The molecule has 0 unspecified atom stereocenters. The topological polar surface area (TPSA) is 43.9 Å². The summed E-state index contributed by atoms with van der Waals surface area (Å²) in [6.45, 7) is 0.226. The van der Waals surface area contributed by atoms with Gasteiger partial charge in [-0.05, 0) is 30.3 Å². The van der Waals surface area contributed by atoms with Crippen molar-refractivity contribution in [1.29, 1.82) is 0 Å². The zero-order chi connectivity index (χ0) is 15.1. The Morgan fingerprint density at radius 3 is 2.77 bits per heavy atom. The highest BCUT2D eigenvalue weighted by molar-refractivity contribution is 9.10. The Kier molecular flexibility index (Phi) is 3.08. The first-order chi connectivity index (χ1) is 10.7. The average molecular weight is 354 g/mol. The van der Waals surface area contributed by atoms with Gasteiger partial charge in [0, 0.05) is 22.4 Å². The van der Waals surface area contributed by atoms with E-state index in [4.69, 9.17) is 0 Å². The number of hydrogen-bond donors (Lipinski definition) is 0. The summed E-state index contributed by atoms with van der Waals surface area (Å²) < 4.78 is 3.94. The second-order valence-electron chi connectivity index (χ2n) is 5.13. The van der Waals surface area contributed by atoms with Crippen LogP contribution in [0.3, 0.4) is 0 Å². The Labute approximate surface area is 136 Å². The van der Waals surface area contributed by atoms with Crippen LogP contribution in [0.2, 0.25) is 0 Å². The second kappa shape index (κ2) is 5.10. The molecular formula is C17H12BrN3O. The van der Waals surface area contributed by atoms with Crippen molar-refractivity contribution in [3.05, 3.63) is 87.6 Å². The Morgan fingerprint density at radius 1 is 1.14 bits per heavy atom. The summed E-state index contributed by atoms with van der Waals surface area (Å²) in [5.74, 6) is 0.740. The van der Waals surface area contributed by atoms with E-state index in [0.29, 0.717) is 5.71 Å². The van der Waals surface area contributed by atoms with Gasteiger partial charge < -0.3 is 5.21 Å². The van der Waals surface area contributed by atoms with Crippen LogP contribution >= 0.6 is 15.9 Å². The molecule has 22 heavy (non-hydrogen) atoms. The van der Waals surface area contributed by atoms with E-state index in [1.54, 1.807) is 6.20 Å². The molecule has 0 saturated carbocycles. The van der Waals surface area contributed by atoms with Crippen molar-refractivity contribution in [3.8, 4) is 5.69 Å². The molecule has 108 valence electrons. The Hall–Kier alpha value is -2.40. The Balaban J connectivity index is 2.06. The molecule has 2 aromatic carbocycles. The van der Waals surface area contributed by atoms with Crippen molar-refractivity contribution in [2.45, 2.75) is 6.54 Å². The number of benzene rings is 2. The van der Waals surface area contributed by atoms with E-state index in [2.05, 4.69) is 20.9 Å². The van der Waals surface area contributed by atoms with Crippen LogP contribution in [-0.2, 0) is 6.54 Å². The molecule has 2 heterocycles. The quantitative estimate of drug-likeness (QED) is 0.496. The molecule has 0 amide bonds. The van der Waals surface area contributed by atoms with Gasteiger partial charge in [-0.15, -0.1) is 0 Å².